The maximum absolute atomic E-state index is 11.9. The summed E-state index contributed by atoms with van der Waals surface area (Å²) in [6, 6.07) is 15.4. The highest BCUT2D eigenvalue weighted by atomic mass is 16.4. The van der Waals surface area contributed by atoms with E-state index in [0.717, 1.165) is 42.1 Å². The second-order valence-corrected chi connectivity index (χ2v) is 7.29. The number of nitrogens with zero attached hydrogens (tertiary/aromatic N) is 2. The second kappa shape index (κ2) is 6.92. The first kappa shape index (κ1) is 17.4. The lowest BCUT2D eigenvalue weighted by Gasteiger charge is -2.17. The first-order valence-electron chi connectivity index (χ1n) is 9.50. The Balaban J connectivity index is 1.95. The smallest absolute Gasteiger partial charge is 0.337 e. The van der Waals surface area contributed by atoms with Gasteiger partial charge in [0.1, 0.15) is 0 Å². The SMILES string of the molecule is CCCC1CCc2c1n(Cc1cccc(C#N)c1)c1c(C(=O)O)cccc21. The first-order chi connectivity index (χ1) is 13.1. The third kappa shape index (κ3) is 2.90. The molecule has 0 radical (unpaired) electrons. The zero-order valence-corrected chi connectivity index (χ0v) is 15.4. The number of carbonyl (C=O) groups is 1. The van der Waals surface area contributed by atoms with E-state index >= 15 is 0 Å². The lowest BCUT2D eigenvalue weighted by molar-refractivity contribution is 0.0698. The molecule has 0 spiro atoms. The largest absolute Gasteiger partial charge is 0.478 e. The number of aromatic carboxylic acids is 1. The number of para-hydroxylation sites is 1. The molecule has 1 atom stereocenters. The van der Waals surface area contributed by atoms with Gasteiger partial charge in [-0.2, -0.15) is 5.26 Å². The van der Waals surface area contributed by atoms with Gasteiger partial charge in [-0.1, -0.05) is 37.6 Å². The van der Waals surface area contributed by atoms with E-state index in [4.69, 9.17) is 0 Å². The number of nitriles is 1. The Bertz CT molecular complexity index is 1070. The van der Waals surface area contributed by atoms with Crippen LogP contribution in [0.2, 0.25) is 0 Å². The quantitative estimate of drug-likeness (QED) is 0.691. The summed E-state index contributed by atoms with van der Waals surface area (Å²) in [5.41, 5.74) is 5.43. The Hall–Kier alpha value is -3.06. The highest BCUT2D eigenvalue weighted by Gasteiger charge is 2.31. The molecule has 1 N–H and O–H groups in total. The third-order valence-electron chi connectivity index (χ3n) is 5.62. The molecule has 1 aliphatic rings. The maximum Gasteiger partial charge on any atom is 0.337 e. The molecule has 27 heavy (non-hydrogen) atoms. The van der Waals surface area contributed by atoms with Crippen molar-refractivity contribution in [2.24, 2.45) is 0 Å². The second-order valence-electron chi connectivity index (χ2n) is 7.29. The van der Waals surface area contributed by atoms with Crippen molar-refractivity contribution in [1.82, 2.24) is 4.57 Å². The summed E-state index contributed by atoms with van der Waals surface area (Å²) in [5, 5.41) is 20.0. The number of aryl methyl sites for hydroxylation is 1. The summed E-state index contributed by atoms with van der Waals surface area (Å²) < 4.78 is 2.21. The van der Waals surface area contributed by atoms with Crippen molar-refractivity contribution in [2.45, 2.75) is 45.1 Å². The Morgan fingerprint density at radius 3 is 2.85 bits per heavy atom. The lowest BCUT2D eigenvalue weighted by atomic mass is 10.0. The molecule has 0 amide bonds. The molecule has 1 unspecified atom stereocenters. The molecular formula is C23H22N2O2. The predicted molar refractivity (Wildman–Crippen MR) is 105 cm³/mol. The van der Waals surface area contributed by atoms with Gasteiger partial charge in [0.05, 0.1) is 22.7 Å². The van der Waals surface area contributed by atoms with Crippen LogP contribution in [0.5, 0.6) is 0 Å². The van der Waals surface area contributed by atoms with E-state index in [-0.39, 0.29) is 0 Å². The van der Waals surface area contributed by atoms with Crippen molar-refractivity contribution in [3.8, 4) is 6.07 Å². The van der Waals surface area contributed by atoms with Gasteiger partial charge in [0.25, 0.3) is 0 Å². The minimum atomic E-state index is -0.893. The van der Waals surface area contributed by atoms with Gasteiger partial charge in [-0.25, -0.2) is 4.79 Å². The standard InChI is InChI=1S/C23H22N2O2/c1-2-5-17-10-11-19-18-8-4-9-20(23(26)27)22(18)25(21(17)19)14-16-7-3-6-15(12-16)13-24/h3-4,6-9,12,17H,2,5,10-11,14H2,1H3,(H,26,27). The molecule has 3 aromatic rings. The van der Waals surface area contributed by atoms with E-state index in [9.17, 15) is 15.2 Å². The van der Waals surface area contributed by atoms with E-state index in [2.05, 4.69) is 23.6 Å². The van der Waals surface area contributed by atoms with Crippen LogP contribution in [0.1, 0.15) is 64.8 Å². The van der Waals surface area contributed by atoms with Crippen LogP contribution >= 0.6 is 0 Å². The average Bonchev–Trinajstić information content (AvgIpc) is 3.22. The van der Waals surface area contributed by atoms with Crippen molar-refractivity contribution >= 4 is 16.9 Å². The fourth-order valence-corrected chi connectivity index (χ4v) is 4.57. The number of rotatable bonds is 5. The number of carboxylic acid groups (broad SMARTS) is 1. The molecule has 0 bridgehead atoms. The van der Waals surface area contributed by atoms with E-state index in [1.807, 2.05) is 24.3 Å². The van der Waals surface area contributed by atoms with Crippen LogP contribution in [0.3, 0.4) is 0 Å². The van der Waals surface area contributed by atoms with Crippen molar-refractivity contribution in [2.75, 3.05) is 0 Å². The summed E-state index contributed by atoms with van der Waals surface area (Å²) in [5.74, 6) is -0.422. The number of hydrogen-bond acceptors (Lipinski definition) is 2. The van der Waals surface area contributed by atoms with E-state index in [0.29, 0.717) is 23.6 Å². The van der Waals surface area contributed by atoms with Gasteiger partial charge < -0.3 is 9.67 Å². The monoisotopic (exact) mass is 358 g/mol. The van der Waals surface area contributed by atoms with E-state index in [1.165, 1.54) is 11.3 Å². The Morgan fingerprint density at radius 1 is 1.30 bits per heavy atom. The van der Waals surface area contributed by atoms with Gasteiger partial charge >= 0.3 is 5.97 Å². The van der Waals surface area contributed by atoms with Crippen molar-refractivity contribution in [1.29, 1.82) is 5.26 Å². The van der Waals surface area contributed by atoms with Crippen LogP contribution in [-0.2, 0) is 13.0 Å². The molecule has 4 rings (SSSR count). The van der Waals surface area contributed by atoms with Crippen LogP contribution in [-0.4, -0.2) is 15.6 Å². The molecule has 4 heteroatoms. The molecule has 0 saturated heterocycles. The molecule has 136 valence electrons. The molecule has 1 heterocycles. The fraction of sp³-hybridized carbons (Fsp3) is 0.304. The number of benzene rings is 2. The lowest BCUT2D eigenvalue weighted by Crippen LogP contribution is -2.10. The predicted octanol–water partition coefficient (Wildman–Crippen LogP) is 5.09. The molecule has 0 fully saturated rings. The molecule has 1 aromatic heterocycles. The number of fused-ring (bicyclic) bond motifs is 3. The van der Waals surface area contributed by atoms with E-state index < -0.39 is 5.97 Å². The summed E-state index contributed by atoms with van der Waals surface area (Å²) >= 11 is 0. The van der Waals surface area contributed by atoms with Crippen molar-refractivity contribution in [3.63, 3.8) is 0 Å². The summed E-state index contributed by atoms with van der Waals surface area (Å²) in [4.78, 5) is 11.9. The molecule has 1 aliphatic carbocycles. The van der Waals surface area contributed by atoms with E-state index in [1.54, 1.807) is 12.1 Å². The minimum Gasteiger partial charge on any atom is -0.478 e. The summed E-state index contributed by atoms with van der Waals surface area (Å²) in [6.07, 6.45) is 4.36. The van der Waals surface area contributed by atoms with Crippen molar-refractivity contribution < 1.29 is 9.90 Å². The van der Waals surface area contributed by atoms with Gasteiger partial charge in [0.2, 0.25) is 0 Å². The van der Waals surface area contributed by atoms with Gasteiger partial charge in [-0.3, -0.25) is 0 Å². The van der Waals surface area contributed by atoms with Gasteiger partial charge in [0.15, 0.2) is 0 Å². The van der Waals surface area contributed by atoms with Crippen LogP contribution in [0.25, 0.3) is 10.9 Å². The van der Waals surface area contributed by atoms with Gasteiger partial charge in [0, 0.05) is 17.6 Å². The van der Waals surface area contributed by atoms with Crippen molar-refractivity contribution in [3.05, 3.63) is 70.4 Å². The Morgan fingerprint density at radius 2 is 2.11 bits per heavy atom. The molecule has 4 nitrogen and oxygen atoms in total. The molecule has 0 saturated carbocycles. The first-order valence-corrected chi connectivity index (χ1v) is 9.50. The Labute approximate surface area is 158 Å². The zero-order chi connectivity index (χ0) is 19.0. The number of aromatic nitrogens is 1. The fourth-order valence-electron chi connectivity index (χ4n) is 4.57. The van der Waals surface area contributed by atoms with Crippen LogP contribution in [0.15, 0.2) is 42.5 Å². The van der Waals surface area contributed by atoms with Crippen LogP contribution in [0, 0.1) is 11.3 Å². The highest BCUT2D eigenvalue weighted by molar-refractivity contribution is 6.04. The number of hydrogen-bond donors (Lipinski definition) is 1. The maximum atomic E-state index is 11.9. The summed E-state index contributed by atoms with van der Waals surface area (Å²) in [6.45, 7) is 2.79. The molecule has 0 aliphatic heterocycles. The normalized spacial score (nSPS) is 15.6. The minimum absolute atomic E-state index is 0.355. The highest BCUT2D eigenvalue weighted by Crippen LogP contribution is 2.43. The molecule has 2 aromatic carbocycles. The molecular weight excluding hydrogens is 336 g/mol. The third-order valence-corrected chi connectivity index (χ3v) is 5.62. The van der Waals surface area contributed by atoms with Crippen LogP contribution < -0.4 is 0 Å². The van der Waals surface area contributed by atoms with Gasteiger partial charge in [-0.05, 0) is 54.5 Å². The average molecular weight is 358 g/mol. The number of carboxylic acids is 1. The zero-order valence-electron chi connectivity index (χ0n) is 15.4. The topological polar surface area (TPSA) is 66.0 Å². The van der Waals surface area contributed by atoms with Crippen LogP contribution in [0.4, 0.5) is 0 Å². The summed E-state index contributed by atoms with van der Waals surface area (Å²) in [7, 11) is 0. The Kier molecular flexibility index (Phi) is 4.45. The van der Waals surface area contributed by atoms with Gasteiger partial charge in [-0.15, -0.1) is 0 Å².